The molecule has 1 atom stereocenters. The average molecular weight is 366 g/mol. The lowest BCUT2D eigenvalue weighted by atomic mass is 9.96. The van der Waals surface area contributed by atoms with Crippen molar-refractivity contribution in [3.63, 3.8) is 0 Å². The van der Waals surface area contributed by atoms with Crippen molar-refractivity contribution in [1.29, 1.82) is 0 Å². The summed E-state index contributed by atoms with van der Waals surface area (Å²) in [7, 11) is 0. The summed E-state index contributed by atoms with van der Waals surface area (Å²) < 4.78 is 5.88. The number of carbonyl (C=O) groups is 1. The molecule has 0 bridgehead atoms. The number of rotatable bonds is 5. The zero-order valence-corrected chi connectivity index (χ0v) is 15.9. The van der Waals surface area contributed by atoms with Crippen LogP contribution in [0.1, 0.15) is 49.7 Å². The molecule has 0 spiro atoms. The molecule has 0 aromatic heterocycles. The lowest BCUT2D eigenvalue weighted by Crippen LogP contribution is -2.38. The predicted molar refractivity (Wildman–Crippen MR) is 99.1 cm³/mol. The van der Waals surface area contributed by atoms with Gasteiger partial charge in [-0.05, 0) is 75.1 Å². The minimum Gasteiger partial charge on any atom is -0.491 e. The first-order valence-corrected chi connectivity index (χ1v) is 9.64. The van der Waals surface area contributed by atoms with E-state index in [1.807, 2.05) is 30.9 Å². The number of ether oxygens (including phenoxy) is 1. The monoisotopic (exact) mass is 365 g/mol. The molecule has 2 aliphatic rings. The number of aryl methyl sites for hydroxylation is 2. The summed E-state index contributed by atoms with van der Waals surface area (Å²) in [5, 5.41) is 11.7. The fourth-order valence-corrected chi connectivity index (χ4v) is 3.59. The van der Waals surface area contributed by atoms with E-state index in [9.17, 15) is 9.90 Å². The number of benzene rings is 1. The molecule has 2 fully saturated rings. The average Bonchev–Trinajstić information content (AvgIpc) is 3.38. The Bertz CT molecular complexity index is 621. The first kappa shape index (κ1) is 18.5. The van der Waals surface area contributed by atoms with Crippen LogP contribution in [0.5, 0.6) is 5.75 Å². The molecule has 1 aromatic carbocycles. The van der Waals surface area contributed by atoms with Gasteiger partial charge in [-0.1, -0.05) is 11.6 Å². The molecule has 1 saturated carbocycles. The molecule has 4 nitrogen and oxygen atoms in total. The Balaban J connectivity index is 1.55. The first-order chi connectivity index (χ1) is 11.9. The zero-order chi connectivity index (χ0) is 18.0. The second-order valence-electron chi connectivity index (χ2n) is 7.77. The fraction of sp³-hybridized carbons (Fsp3) is 0.650. The summed E-state index contributed by atoms with van der Waals surface area (Å²) in [6.45, 7) is 5.51. The highest BCUT2D eigenvalue weighted by molar-refractivity contribution is 6.32. The maximum atomic E-state index is 12.3. The Morgan fingerprint density at radius 1 is 1.28 bits per heavy atom. The normalized spacial score (nSPS) is 24.1. The van der Waals surface area contributed by atoms with Crippen LogP contribution in [0, 0.1) is 19.8 Å². The molecule has 1 unspecified atom stereocenters. The standard InChI is InChI=1S/C20H28ClNO3/c1-14-10-17(11-15(2)19(14)21)25-13-20(24)6-3-8-22(9-7-20)18(23)12-16-4-5-16/h10-11,16,24H,3-9,12-13H2,1-2H3. The number of likely N-dealkylation sites (tertiary alicyclic amines) is 1. The number of aliphatic hydroxyl groups is 1. The third-order valence-electron chi connectivity index (χ3n) is 5.35. The van der Waals surface area contributed by atoms with Crippen molar-refractivity contribution < 1.29 is 14.6 Å². The highest BCUT2D eigenvalue weighted by Gasteiger charge is 2.34. The van der Waals surface area contributed by atoms with E-state index < -0.39 is 5.60 Å². The minimum atomic E-state index is -0.879. The molecular weight excluding hydrogens is 338 g/mol. The summed E-state index contributed by atoms with van der Waals surface area (Å²) in [5.41, 5.74) is 1.07. The van der Waals surface area contributed by atoms with E-state index in [1.165, 1.54) is 12.8 Å². The number of halogens is 1. The van der Waals surface area contributed by atoms with Crippen LogP contribution in [0.4, 0.5) is 0 Å². The molecule has 3 rings (SSSR count). The summed E-state index contributed by atoms with van der Waals surface area (Å²) in [6, 6.07) is 3.81. The van der Waals surface area contributed by atoms with E-state index in [0.717, 1.165) is 34.9 Å². The van der Waals surface area contributed by atoms with Crippen LogP contribution in [0.3, 0.4) is 0 Å². The predicted octanol–water partition coefficient (Wildman–Crippen LogP) is 3.88. The molecule has 5 heteroatoms. The number of carbonyl (C=O) groups excluding carboxylic acids is 1. The number of nitrogens with zero attached hydrogens (tertiary/aromatic N) is 1. The molecule has 1 amide bonds. The third-order valence-corrected chi connectivity index (χ3v) is 5.94. The van der Waals surface area contributed by atoms with Crippen LogP contribution in [0.15, 0.2) is 12.1 Å². The van der Waals surface area contributed by atoms with Crippen LogP contribution >= 0.6 is 11.6 Å². The molecule has 1 aromatic rings. The van der Waals surface area contributed by atoms with Crippen LogP contribution in [-0.4, -0.2) is 41.2 Å². The van der Waals surface area contributed by atoms with Gasteiger partial charge >= 0.3 is 0 Å². The molecule has 1 aliphatic carbocycles. The van der Waals surface area contributed by atoms with Gasteiger partial charge in [0.1, 0.15) is 18.0 Å². The SMILES string of the molecule is Cc1cc(OCC2(O)CCCN(C(=O)CC3CC3)CC2)cc(C)c1Cl. The van der Waals surface area contributed by atoms with E-state index in [0.29, 0.717) is 31.7 Å². The van der Waals surface area contributed by atoms with Gasteiger partial charge in [0.05, 0.1) is 0 Å². The Kier molecular flexibility index (Phi) is 5.59. The van der Waals surface area contributed by atoms with Crippen molar-refractivity contribution in [2.75, 3.05) is 19.7 Å². The highest BCUT2D eigenvalue weighted by atomic mass is 35.5. The molecular formula is C20H28ClNO3. The van der Waals surface area contributed by atoms with E-state index in [4.69, 9.17) is 16.3 Å². The lowest BCUT2D eigenvalue weighted by Gasteiger charge is -2.27. The summed E-state index contributed by atoms with van der Waals surface area (Å²) in [5.74, 6) is 1.59. The molecule has 1 N–H and O–H groups in total. The van der Waals surface area contributed by atoms with Gasteiger partial charge in [0.25, 0.3) is 0 Å². The summed E-state index contributed by atoms with van der Waals surface area (Å²) in [4.78, 5) is 14.2. The second kappa shape index (κ2) is 7.55. The maximum Gasteiger partial charge on any atom is 0.222 e. The third kappa shape index (κ3) is 4.89. The Morgan fingerprint density at radius 2 is 1.96 bits per heavy atom. The molecule has 25 heavy (non-hydrogen) atoms. The van der Waals surface area contributed by atoms with Gasteiger partial charge in [0, 0.05) is 24.5 Å². The molecule has 1 heterocycles. The van der Waals surface area contributed by atoms with Gasteiger partial charge in [0.2, 0.25) is 5.91 Å². The smallest absolute Gasteiger partial charge is 0.222 e. The molecule has 138 valence electrons. The Labute approximate surface area is 155 Å². The number of hydrogen-bond acceptors (Lipinski definition) is 3. The number of amides is 1. The topological polar surface area (TPSA) is 49.8 Å². The van der Waals surface area contributed by atoms with Crippen LogP contribution < -0.4 is 4.74 Å². The summed E-state index contributed by atoms with van der Waals surface area (Å²) in [6.07, 6.45) is 5.10. The Hall–Kier alpha value is -1.26. The first-order valence-electron chi connectivity index (χ1n) is 9.26. The van der Waals surface area contributed by atoms with Gasteiger partial charge < -0.3 is 14.7 Å². The van der Waals surface area contributed by atoms with Crippen molar-refractivity contribution >= 4 is 17.5 Å². The van der Waals surface area contributed by atoms with Gasteiger partial charge in [-0.2, -0.15) is 0 Å². The van der Waals surface area contributed by atoms with Crippen molar-refractivity contribution in [3.05, 3.63) is 28.3 Å². The quantitative estimate of drug-likeness (QED) is 0.861. The maximum absolute atomic E-state index is 12.3. The van der Waals surface area contributed by atoms with E-state index in [2.05, 4.69) is 0 Å². The molecule has 0 radical (unpaired) electrons. The van der Waals surface area contributed by atoms with Gasteiger partial charge in [-0.15, -0.1) is 0 Å². The largest absolute Gasteiger partial charge is 0.491 e. The van der Waals surface area contributed by atoms with Crippen molar-refractivity contribution in [2.45, 2.75) is 58.0 Å². The lowest BCUT2D eigenvalue weighted by molar-refractivity contribution is -0.131. The molecule has 1 saturated heterocycles. The van der Waals surface area contributed by atoms with Crippen LogP contribution in [0.25, 0.3) is 0 Å². The van der Waals surface area contributed by atoms with E-state index in [1.54, 1.807) is 0 Å². The van der Waals surface area contributed by atoms with Gasteiger partial charge in [-0.25, -0.2) is 0 Å². The molecule has 1 aliphatic heterocycles. The highest BCUT2D eigenvalue weighted by Crippen LogP contribution is 2.34. The second-order valence-corrected chi connectivity index (χ2v) is 8.14. The van der Waals surface area contributed by atoms with Crippen molar-refractivity contribution in [3.8, 4) is 5.75 Å². The Morgan fingerprint density at radius 3 is 2.60 bits per heavy atom. The summed E-state index contributed by atoms with van der Waals surface area (Å²) >= 11 is 6.19. The van der Waals surface area contributed by atoms with Crippen molar-refractivity contribution in [1.82, 2.24) is 4.90 Å². The van der Waals surface area contributed by atoms with Gasteiger partial charge in [0.15, 0.2) is 0 Å². The van der Waals surface area contributed by atoms with Crippen LogP contribution in [0.2, 0.25) is 5.02 Å². The number of hydrogen-bond donors (Lipinski definition) is 1. The zero-order valence-electron chi connectivity index (χ0n) is 15.2. The fourth-order valence-electron chi connectivity index (χ4n) is 3.48. The minimum absolute atomic E-state index is 0.247. The van der Waals surface area contributed by atoms with E-state index in [-0.39, 0.29) is 12.5 Å². The van der Waals surface area contributed by atoms with E-state index >= 15 is 0 Å². The van der Waals surface area contributed by atoms with Crippen molar-refractivity contribution in [2.24, 2.45) is 5.92 Å². The van der Waals surface area contributed by atoms with Gasteiger partial charge in [-0.3, -0.25) is 4.79 Å². The van der Waals surface area contributed by atoms with Crippen LogP contribution in [-0.2, 0) is 4.79 Å².